The van der Waals surface area contributed by atoms with Gasteiger partial charge in [0.05, 0.1) is 0 Å². The summed E-state index contributed by atoms with van der Waals surface area (Å²) in [5, 5.41) is 0. The van der Waals surface area contributed by atoms with Crippen LogP contribution in [0, 0.1) is 10.8 Å². The molecule has 0 radical (unpaired) electrons. The lowest BCUT2D eigenvalue weighted by atomic mass is 9.64. The smallest absolute Gasteiger partial charge is 0.168 e. The number of allylic oxidation sites excluding steroid dienone is 4. The first-order chi connectivity index (χ1) is 12.2. The molecule has 136 valence electrons. The van der Waals surface area contributed by atoms with Crippen molar-refractivity contribution in [3.63, 3.8) is 0 Å². The van der Waals surface area contributed by atoms with E-state index in [4.69, 9.17) is 4.74 Å². The molecule has 0 bridgehead atoms. The van der Waals surface area contributed by atoms with E-state index in [1.807, 2.05) is 44.2 Å². The molecular weight excluding hydrogens is 324 g/mol. The highest BCUT2D eigenvalue weighted by atomic mass is 16.5. The van der Waals surface area contributed by atoms with Crippen molar-refractivity contribution < 1.29 is 14.3 Å². The van der Waals surface area contributed by atoms with Gasteiger partial charge >= 0.3 is 0 Å². The Bertz CT molecular complexity index is 853. The van der Waals surface area contributed by atoms with E-state index < -0.39 is 5.41 Å². The lowest BCUT2D eigenvalue weighted by Gasteiger charge is -2.44. The van der Waals surface area contributed by atoms with E-state index in [-0.39, 0.29) is 22.9 Å². The Labute approximate surface area is 155 Å². The first-order valence-corrected chi connectivity index (χ1v) is 9.51. The number of ketones is 2. The molecule has 0 aromatic heterocycles. The lowest BCUT2D eigenvalue weighted by Crippen LogP contribution is -2.40. The average molecular weight is 350 g/mol. The van der Waals surface area contributed by atoms with Gasteiger partial charge in [0.15, 0.2) is 11.6 Å². The molecule has 0 N–H and O–H groups in total. The van der Waals surface area contributed by atoms with Crippen LogP contribution < -0.4 is 0 Å². The molecule has 1 aromatic rings. The lowest BCUT2D eigenvalue weighted by molar-refractivity contribution is -0.125. The van der Waals surface area contributed by atoms with Crippen molar-refractivity contribution in [2.45, 2.75) is 59.3 Å². The van der Waals surface area contributed by atoms with E-state index in [9.17, 15) is 9.59 Å². The monoisotopic (exact) mass is 350 g/mol. The Morgan fingerprint density at radius 3 is 2.23 bits per heavy atom. The SMILES string of the molecule is CC1(C)CCC2=C(C1=O)C(c1ccccc1)C1=C(O2)C(C)(C)CCC1=O. The van der Waals surface area contributed by atoms with Crippen LogP contribution in [0.15, 0.2) is 53.0 Å². The first-order valence-electron chi connectivity index (χ1n) is 9.51. The van der Waals surface area contributed by atoms with Crippen molar-refractivity contribution in [1.29, 1.82) is 0 Å². The molecule has 0 saturated heterocycles. The topological polar surface area (TPSA) is 43.4 Å². The zero-order valence-electron chi connectivity index (χ0n) is 16.0. The molecule has 1 unspecified atom stereocenters. The number of benzene rings is 1. The molecule has 1 aromatic carbocycles. The zero-order valence-corrected chi connectivity index (χ0v) is 16.0. The number of ether oxygens (including phenoxy) is 1. The fourth-order valence-electron chi connectivity index (χ4n) is 4.46. The molecule has 0 spiro atoms. The highest BCUT2D eigenvalue weighted by molar-refractivity contribution is 6.07. The minimum Gasteiger partial charge on any atom is -0.465 e. The van der Waals surface area contributed by atoms with Gasteiger partial charge in [-0.1, -0.05) is 58.0 Å². The maximum atomic E-state index is 13.3. The van der Waals surface area contributed by atoms with Gasteiger partial charge in [-0.3, -0.25) is 9.59 Å². The van der Waals surface area contributed by atoms with Gasteiger partial charge in [-0.15, -0.1) is 0 Å². The summed E-state index contributed by atoms with van der Waals surface area (Å²) in [6, 6.07) is 9.96. The minimum absolute atomic E-state index is 0.121. The summed E-state index contributed by atoms with van der Waals surface area (Å²) in [6.45, 7) is 8.27. The third kappa shape index (κ3) is 2.48. The molecular formula is C23H26O3. The second-order valence-electron chi connectivity index (χ2n) is 9.05. The van der Waals surface area contributed by atoms with Gasteiger partial charge in [0.2, 0.25) is 0 Å². The van der Waals surface area contributed by atoms with Crippen LogP contribution in [0.1, 0.15) is 64.9 Å². The molecule has 3 nitrogen and oxygen atoms in total. The molecule has 1 heterocycles. The second-order valence-corrected chi connectivity index (χ2v) is 9.05. The van der Waals surface area contributed by atoms with Crippen molar-refractivity contribution in [2.75, 3.05) is 0 Å². The van der Waals surface area contributed by atoms with E-state index in [0.717, 1.165) is 36.3 Å². The van der Waals surface area contributed by atoms with E-state index in [1.165, 1.54) is 0 Å². The minimum atomic E-state index is -0.416. The zero-order chi connectivity index (χ0) is 18.7. The number of carbonyl (C=O) groups excluding carboxylic acids is 2. The van der Waals surface area contributed by atoms with Crippen LogP contribution >= 0.6 is 0 Å². The van der Waals surface area contributed by atoms with E-state index in [1.54, 1.807) is 0 Å². The number of rotatable bonds is 1. The van der Waals surface area contributed by atoms with Gasteiger partial charge in [0.1, 0.15) is 11.5 Å². The highest BCUT2D eigenvalue weighted by Crippen LogP contribution is 2.54. The summed E-state index contributed by atoms with van der Waals surface area (Å²) in [7, 11) is 0. The highest BCUT2D eigenvalue weighted by Gasteiger charge is 2.49. The van der Waals surface area contributed by atoms with Gasteiger partial charge in [-0.2, -0.15) is 0 Å². The Morgan fingerprint density at radius 2 is 1.54 bits per heavy atom. The predicted octanol–water partition coefficient (Wildman–Crippen LogP) is 5.09. The number of carbonyl (C=O) groups is 2. The molecule has 0 fully saturated rings. The van der Waals surface area contributed by atoms with Gasteiger partial charge in [-0.25, -0.2) is 0 Å². The van der Waals surface area contributed by atoms with Crippen LogP contribution in [0.3, 0.4) is 0 Å². The number of hydrogen-bond acceptors (Lipinski definition) is 3. The van der Waals surface area contributed by atoms with Crippen molar-refractivity contribution in [2.24, 2.45) is 10.8 Å². The molecule has 0 saturated carbocycles. The third-order valence-corrected chi connectivity index (χ3v) is 6.21. The number of Topliss-reactive ketones (excluding diaryl/α,β-unsaturated/α-hetero) is 2. The van der Waals surface area contributed by atoms with Crippen molar-refractivity contribution in [1.82, 2.24) is 0 Å². The molecule has 0 amide bonds. The summed E-state index contributed by atoms with van der Waals surface area (Å²) in [4.78, 5) is 26.3. The molecule has 4 rings (SSSR count). The summed E-state index contributed by atoms with van der Waals surface area (Å²) in [6.07, 6.45) is 2.83. The van der Waals surface area contributed by atoms with Crippen LogP contribution in [0.2, 0.25) is 0 Å². The molecule has 1 aliphatic heterocycles. The summed E-state index contributed by atoms with van der Waals surface area (Å²) in [5.41, 5.74) is 1.81. The van der Waals surface area contributed by atoms with Crippen LogP contribution in [0.4, 0.5) is 0 Å². The van der Waals surface area contributed by atoms with Gasteiger partial charge < -0.3 is 4.74 Å². The largest absolute Gasteiger partial charge is 0.465 e. The Morgan fingerprint density at radius 1 is 0.885 bits per heavy atom. The summed E-state index contributed by atoms with van der Waals surface area (Å²) in [5.74, 6) is 1.51. The third-order valence-electron chi connectivity index (χ3n) is 6.21. The number of hydrogen-bond donors (Lipinski definition) is 0. The molecule has 26 heavy (non-hydrogen) atoms. The van der Waals surface area contributed by atoms with Crippen molar-refractivity contribution >= 4 is 11.6 Å². The molecule has 3 heteroatoms. The Hall–Kier alpha value is -2.16. The van der Waals surface area contributed by atoms with Crippen LogP contribution in [-0.4, -0.2) is 11.6 Å². The molecule has 3 aliphatic rings. The van der Waals surface area contributed by atoms with E-state index >= 15 is 0 Å². The maximum Gasteiger partial charge on any atom is 0.168 e. The van der Waals surface area contributed by atoms with Gasteiger partial charge in [-0.05, 0) is 18.4 Å². The Balaban J connectivity index is 1.97. The van der Waals surface area contributed by atoms with Crippen LogP contribution in [0.25, 0.3) is 0 Å². The van der Waals surface area contributed by atoms with Crippen LogP contribution in [-0.2, 0) is 14.3 Å². The second kappa shape index (κ2) is 5.67. The first kappa shape index (κ1) is 17.3. The molecule has 2 aliphatic carbocycles. The maximum absolute atomic E-state index is 13.3. The average Bonchev–Trinajstić information content (AvgIpc) is 2.61. The predicted molar refractivity (Wildman–Crippen MR) is 100 cm³/mol. The van der Waals surface area contributed by atoms with Crippen molar-refractivity contribution in [3.8, 4) is 0 Å². The molecule has 1 atom stereocenters. The van der Waals surface area contributed by atoms with Gasteiger partial charge in [0, 0.05) is 40.7 Å². The normalized spacial score (nSPS) is 27.0. The quantitative estimate of drug-likeness (QED) is 0.709. The summed E-state index contributed by atoms with van der Waals surface area (Å²) >= 11 is 0. The standard InChI is InChI=1S/C23H26O3/c1-22(2)13-11-16-19(20(22)25)17(14-8-6-5-7-9-14)18-15(24)10-12-23(3,4)21(18)26-16/h5-9,17H,10-13H2,1-4H3. The Kier molecular flexibility index (Phi) is 3.76. The fraction of sp³-hybridized carbons (Fsp3) is 0.478. The van der Waals surface area contributed by atoms with E-state index in [2.05, 4.69) is 13.8 Å². The fourth-order valence-corrected chi connectivity index (χ4v) is 4.46. The summed E-state index contributed by atoms with van der Waals surface area (Å²) < 4.78 is 6.31. The van der Waals surface area contributed by atoms with Gasteiger partial charge in [0.25, 0.3) is 0 Å². The van der Waals surface area contributed by atoms with Crippen LogP contribution in [0.5, 0.6) is 0 Å². The van der Waals surface area contributed by atoms with Crippen molar-refractivity contribution in [3.05, 3.63) is 58.6 Å². The van der Waals surface area contributed by atoms with E-state index in [0.29, 0.717) is 17.6 Å².